The quantitative estimate of drug-likeness (QED) is 0.490. The van der Waals surface area contributed by atoms with Gasteiger partial charge in [0.1, 0.15) is 11.3 Å². The molecule has 1 heterocycles. The normalized spacial score (nSPS) is 14.9. The second kappa shape index (κ2) is 9.47. The summed E-state index contributed by atoms with van der Waals surface area (Å²) >= 11 is 6.06. The minimum absolute atomic E-state index is 0.00131. The van der Waals surface area contributed by atoms with E-state index in [9.17, 15) is 22.8 Å². The van der Waals surface area contributed by atoms with E-state index in [1.54, 1.807) is 6.07 Å². The molecule has 1 aromatic heterocycles. The summed E-state index contributed by atoms with van der Waals surface area (Å²) in [6.07, 6.45) is 0.185. The molecule has 4 rings (SSSR count). The van der Waals surface area contributed by atoms with Crippen molar-refractivity contribution in [3.63, 3.8) is 0 Å². The summed E-state index contributed by atoms with van der Waals surface area (Å²) in [5.41, 5.74) is -1.88. The molecule has 1 fully saturated rings. The summed E-state index contributed by atoms with van der Waals surface area (Å²) in [7, 11) is 0. The molecule has 1 amide bonds. The molecule has 5 nitrogen and oxygen atoms in total. The number of hydrogen-bond donors (Lipinski definition) is 1. The van der Waals surface area contributed by atoms with E-state index in [4.69, 9.17) is 20.8 Å². The average molecular weight is 480 g/mol. The van der Waals surface area contributed by atoms with Crippen LogP contribution < -0.4 is 15.5 Å². The lowest BCUT2D eigenvalue weighted by Gasteiger charge is -2.22. The van der Waals surface area contributed by atoms with Crippen LogP contribution in [0.25, 0.3) is 22.1 Å². The number of rotatable bonds is 5. The Morgan fingerprint density at radius 3 is 2.55 bits per heavy atom. The van der Waals surface area contributed by atoms with Gasteiger partial charge in [-0.05, 0) is 31.0 Å². The molecule has 2 aromatic carbocycles. The van der Waals surface area contributed by atoms with Gasteiger partial charge in [0.05, 0.1) is 10.9 Å². The van der Waals surface area contributed by atoms with Crippen LogP contribution in [0.5, 0.6) is 5.75 Å². The van der Waals surface area contributed by atoms with Gasteiger partial charge in [-0.2, -0.15) is 13.2 Å². The first kappa shape index (κ1) is 23.2. The highest BCUT2D eigenvalue weighted by Crippen LogP contribution is 2.39. The van der Waals surface area contributed by atoms with Crippen molar-refractivity contribution in [1.82, 2.24) is 5.32 Å². The van der Waals surface area contributed by atoms with Gasteiger partial charge >= 0.3 is 6.18 Å². The lowest BCUT2D eigenvalue weighted by atomic mass is 9.95. The fraction of sp³-hybridized carbons (Fsp3) is 0.333. The molecule has 174 valence electrons. The lowest BCUT2D eigenvalue weighted by Crippen LogP contribution is -2.38. The molecule has 1 aliphatic carbocycles. The third-order valence-electron chi connectivity index (χ3n) is 5.60. The number of hydrogen-bond acceptors (Lipinski definition) is 4. The molecule has 3 aromatic rings. The van der Waals surface area contributed by atoms with Crippen LogP contribution in [-0.4, -0.2) is 18.6 Å². The van der Waals surface area contributed by atoms with Gasteiger partial charge in [-0.3, -0.25) is 9.59 Å². The van der Waals surface area contributed by atoms with E-state index in [-0.39, 0.29) is 45.9 Å². The zero-order chi connectivity index (χ0) is 23.6. The number of carbonyl (C=O) groups is 1. The van der Waals surface area contributed by atoms with Crippen molar-refractivity contribution in [3.8, 4) is 16.9 Å². The van der Waals surface area contributed by atoms with E-state index in [2.05, 4.69) is 5.32 Å². The summed E-state index contributed by atoms with van der Waals surface area (Å²) in [6.45, 7) is -0.296. The number of benzene rings is 2. The largest absolute Gasteiger partial charge is 0.484 e. The highest BCUT2D eigenvalue weighted by Gasteiger charge is 2.39. The molecule has 0 aliphatic heterocycles. The smallest absolute Gasteiger partial charge is 0.450 e. The van der Waals surface area contributed by atoms with Crippen molar-refractivity contribution in [2.45, 2.75) is 44.3 Å². The topological polar surface area (TPSA) is 68.5 Å². The summed E-state index contributed by atoms with van der Waals surface area (Å²) in [4.78, 5) is 25.2. The third kappa shape index (κ3) is 5.16. The molecular formula is C24H21ClF3NO4. The lowest BCUT2D eigenvalue weighted by molar-refractivity contribution is -0.152. The molecule has 33 heavy (non-hydrogen) atoms. The molecule has 0 unspecified atom stereocenters. The van der Waals surface area contributed by atoms with Gasteiger partial charge in [0, 0.05) is 22.7 Å². The molecule has 1 aliphatic rings. The summed E-state index contributed by atoms with van der Waals surface area (Å²) in [6, 6.07) is 9.79. The zero-order valence-corrected chi connectivity index (χ0v) is 18.3. The van der Waals surface area contributed by atoms with Crippen molar-refractivity contribution in [2.24, 2.45) is 0 Å². The van der Waals surface area contributed by atoms with Gasteiger partial charge in [0.15, 0.2) is 6.61 Å². The van der Waals surface area contributed by atoms with Gasteiger partial charge in [0.2, 0.25) is 11.2 Å². The van der Waals surface area contributed by atoms with E-state index in [0.717, 1.165) is 32.1 Å². The molecule has 1 N–H and O–H groups in total. The maximum atomic E-state index is 13.8. The molecule has 9 heteroatoms. The number of ether oxygens (including phenoxy) is 1. The Kier molecular flexibility index (Phi) is 6.65. The first-order valence-corrected chi connectivity index (χ1v) is 11.0. The standard InChI is InChI=1S/C24H21ClF3NO4/c25-18-9-5-4-8-16(18)21-22(31)17-11-10-15(12-19(17)33-23(21)24(26,27)28)32-13-20(30)29-14-6-2-1-3-7-14/h4-5,8-12,14H,1-3,6-7,13H2,(H,29,30). The van der Waals surface area contributed by atoms with Crippen LogP contribution in [0, 0.1) is 0 Å². The van der Waals surface area contributed by atoms with Crippen LogP contribution >= 0.6 is 11.6 Å². The molecule has 0 saturated heterocycles. The van der Waals surface area contributed by atoms with Crippen molar-refractivity contribution in [3.05, 3.63) is 63.5 Å². The van der Waals surface area contributed by atoms with Crippen molar-refractivity contribution in [2.75, 3.05) is 6.61 Å². The van der Waals surface area contributed by atoms with E-state index in [1.807, 2.05) is 0 Å². The van der Waals surface area contributed by atoms with Crippen molar-refractivity contribution in [1.29, 1.82) is 0 Å². The Balaban J connectivity index is 1.64. The van der Waals surface area contributed by atoms with E-state index >= 15 is 0 Å². The summed E-state index contributed by atoms with van der Waals surface area (Å²) in [5.74, 6) is -1.64. The maximum absolute atomic E-state index is 13.8. The van der Waals surface area contributed by atoms with Crippen LogP contribution in [0.2, 0.25) is 5.02 Å². The number of fused-ring (bicyclic) bond motifs is 1. The fourth-order valence-electron chi connectivity index (χ4n) is 4.04. The summed E-state index contributed by atoms with van der Waals surface area (Å²) in [5, 5.41) is 2.84. The van der Waals surface area contributed by atoms with Crippen LogP contribution in [0.3, 0.4) is 0 Å². The van der Waals surface area contributed by atoms with Gasteiger partial charge < -0.3 is 14.5 Å². The number of carbonyl (C=O) groups excluding carboxylic acids is 1. The maximum Gasteiger partial charge on any atom is 0.450 e. The van der Waals surface area contributed by atoms with Crippen LogP contribution in [0.15, 0.2) is 51.7 Å². The Labute approximate surface area is 192 Å². The summed E-state index contributed by atoms with van der Waals surface area (Å²) < 4.78 is 52.0. The van der Waals surface area contributed by atoms with E-state index < -0.39 is 22.9 Å². The second-order valence-electron chi connectivity index (χ2n) is 7.96. The number of nitrogens with one attached hydrogen (secondary N) is 1. The van der Waals surface area contributed by atoms with E-state index in [0.29, 0.717) is 0 Å². The third-order valence-corrected chi connectivity index (χ3v) is 5.93. The number of alkyl halides is 3. The van der Waals surface area contributed by atoms with Crippen LogP contribution in [0.4, 0.5) is 13.2 Å². The molecule has 0 radical (unpaired) electrons. The van der Waals surface area contributed by atoms with Gasteiger partial charge in [-0.25, -0.2) is 0 Å². The first-order valence-electron chi connectivity index (χ1n) is 10.6. The molecule has 0 atom stereocenters. The number of halogens is 4. The SMILES string of the molecule is O=C(COc1ccc2c(=O)c(-c3ccccc3Cl)c(C(F)(F)F)oc2c1)NC1CCCCC1. The van der Waals surface area contributed by atoms with E-state index in [1.165, 1.54) is 36.4 Å². The Hall–Kier alpha value is -3.00. The molecule has 0 bridgehead atoms. The van der Waals surface area contributed by atoms with Crippen molar-refractivity contribution >= 4 is 28.5 Å². The van der Waals surface area contributed by atoms with Gasteiger partial charge in [-0.1, -0.05) is 49.1 Å². The highest BCUT2D eigenvalue weighted by molar-refractivity contribution is 6.33. The van der Waals surface area contributed by atoms with Crippen LogP contribution in [-0.2, 0) is 11.0 Å². The minimum atomic E-state index is -4.93. The minimum Gasteiger partial charge on any atom is -0.484 e. The fourth-order valence-corrected chi connectivity index (χ4v) is 4.27. The number of amides is 1. The van der Waals surface area contributed by atoms with Crippen LogP contribution in [0.1, 0.15) is 37.9 Å². The Morgan fingerprint density at radius 2 is 1.85 bits per heavy atom. The second-order valence-corrected chi connectivity index (χ2v) is 8.37. The Bertz CT molecular complexity index is 1230. The van der Waals surface area contributed by atoms with Gasteiger partial charge in [-0.15, -0.1) is 0 Å². The predicted octanol–water partition coefficient (Wildman–Crippen LogP) is 5.96. The molecule has 0 spiro atoms. The molecular weight excluding hydrogens is 459 g/mol. The predicted molar refractivity (Wildman–Crippen MR) is 118 cm³/mol. The van der Waals surface area contributed by atoms with Gasteiger partial charge in [0.25, 0.3) is 5.91 Å². The van der Waals surface area contributed by atoms with Crippen molar-refractivity contribution < 1.29 is 27.1 Å². The Morgan fingerprint density at radius 1 is 1.12 bits per heavy atom. The monoisotopic (exact) mass is 479 g/mol. The highest BCUT2D eigenvalue weighted by atomic mass is 35.5. The zero-order valence-electron chi connectivity index (χ0n) is 17.5. The average Bonchev–Trinajstić information content (AvgIpc) is 2.78. The first-order chi connectivity index (χ1) is 15.7. The molecule has 1 saturated carbocycles.